The lowest BCUT2D eigenvalue weighted by molar-refractivity contribution is -0.153. The van der Waals surface area contributed by atoms with Gasteiger partial charge in [-0.25, -0.2) is 0 Å². The van der Waals surface area contributed by atoms with Crippen molar-refractivity contribution in [3.8, 4) is 5.75 Å². The summed E-state index contributed by atoms with van der Waals surface area (Å²) in [4.78, 5) is 4.12. The number of halogens is 4. The van der Waals surface area contributed by atoms with Crippen LogP contribution in [0.3, 0.4) is 0 Å². The Morgan fingerprint density at radius 3 is 2.52 bits per heavy atom. The molecule has 2 aromatic rings. The number of hydrogen-bond acceptors (Lipinski definition) is 4. The molecule has 0 aliphatic carbocycles. The molecule has 1 aromatic heterocycles. The van der Waals surface area contributed by atoms with E-state index in [1.807, 2.05) is 12.1 Å². The first-order valence-electron chi connectivity index (χ1n) is 8.79. The van der Waals surface area contributed by atoms with Gasteiger partial charge < -0.3 is 24.5 Å². The predicted molar refractivity (Wildman–Crippen MR) is 115 cm³/mol. The van der Waals surface area contributed by atoms with Crippen LogP contribution in [0.5, 0.6) is 5.75 Å². The van der Waals surface area contributed by atoms with E-state index < -0.39 is 12.8 Å². The van der Waals surface area contributed by atoms with Crippen molar-refractivity contribution in [2.24, 2.45) is 4.99 Å². The van der Waals surface area contributed by atoms with E-state index in [0.29, 0.717) is 32.3 Å². The van der Waals surface area contributed by atoms with E-state index in [9.17, 15) is 13.2 Å². The van der Waals surface area contributed by atoms with Crippen LogP contribution in [0.15, 0.2) is 52.1 Å². The molecule has 6 nitrogen and oxygen atoms in total. The van der Waals surface area contributed by atoms with Gasteiger partial charge in [0.05, 0.1) is 6.26 Å². The third-order valence-electron chi connectivity index (χ3n) is 3.59. The van der Waals surface area contributed by atoms with E-state index in [0.717, 1.165) is 17.7 Å². The summed E-state index contributed by atoms with van der Waals surface area (Å²) in [5.74, 6) is 1.60. The van der Waals surface area contributed by atoms with Crippen LogP contribution in [-0.4, -0.2) is 38.9 Å². The molecule has 162 valence electrons. The highest BCUT2D eigenvalue weighted by Gasteiger charge is 2.28. The zero-order valence-corrected chi connectivity index (χ0v) is 18.3. The van der Waals surface area contributed by atoms with Gasteiger partial charge >= 0.3 is 6.18 Å². The van der Waals surface area contributed by atoms with Crippen LogP contribution in [0.25, 0.3) is 0 Å². The lowest BCUT2D eigenvalue weighted by atomic mass is 10.2. The van der Waals surface area contributed by atoms with Crippen LogP contribution in [0.1, 0.15) is 17.7 Å². The second-order valence-corrected chi connectivity index (χ2v) is 5.89. The molecule has 0 radical (unpaired) electrons. The Balaban J connectivity index is 0.00000420. The van der Waals surface area contributed by atoms with Crippen LogP contribution < -0.4 is 15.4 Å². The molecule has 0 saturated carbocycles. The maximum atomic E-state index is 12.1. The molecule has 0 aliphatic rings. The topological polar surface area (TPSA) is 68.0 Å². The molecule has 0 aliphatic heterocycles. The Hall–Kier alpha value is -1.95. The number of nitrogens with zero attached hydrogens (tertiary/aromatic N) is 1. The first kappa shape index (κ1) is 25.1. The molecule has 0 spiro atoms. The van der Waals surface area contributed by atoms with Gasteiger partial charge in [-0.05, 0) is 36.2 Å². The molecule has 0 bridgehead atoms. The van der Waals surface area contributed by atoms with Crippen molar-refractivity contribution < 1.29 is 27.1 Å². The highest BCUT2D eigenvalue weighted by atomic mass is 127. The third-order valence-corrected chi connectivity index (χ3v) is 3.59. The fourth-order valence-corrected chi connectivity index (χ4v) is 2.22. The van der Waals surface area contributed by atoms with Gasteiger partial charge in [0.1, 0.15) is 18.1 Å². The number of alkyl halides is 3. The molecule has 0 fully saturated rings. The second-order valence-electron chi connectivity index (χ2n) is 5.89. The standard InChI is InChI=1S/C19H24F3N3O3.HI/c1-23-18(24-9-3-10-26-13-17-4-2-11-27-17)25-12-15-5-7-16(8-6-15)28-14-19(20,21)22;/h2,4-8,11H,3,9-10,12-14H2,1H3,(H2,23,24,25);1H. The lowest BCUT2D eigenvalue weighted by Crippen LogP contribution is -2.37. The summed E-state index contributed by atoms with van der Waals surface area (Å²) in [6.45, 7) is 0.898. The Morgan fingerprint density at radius 2 is 1.90 bits per heavy atom. The molecule has 0 atom stereocenters. The average molecular weight is 527 g/mol. The van der Waals surface area contributed by atoms with Crippen LogP contribution in [-0.2, 0) is 17.9 Å². The van der Waals surface area contributed by atoms with Gasteiger partial charge in [0.15, 0.2) is 12.6 Å². The van der Waals surface area contributed by atoms with Crippen molar-refractivity contribution >= 4 is 29.9 Å². The number of benzene rings is 1. The maximum absolute atomic E-state index is 12.1. The molecule has 2 rings (SSSR count). The average Bonchev–Trinajstić information content (AvgIpc) is 3.19. The van der Waals surface area contributed by atoms with Gasteiger partial charge in [-0.15, -0.1) is 24.0 Å². The minimum atomic E-state index is -4.35. The van der Waals surface area contributed by atoms with E-state index in [-0.39, 0.29) is 29.7 Å². The zero-order chi connectivity index (χ0) is 20.2. The molecule has 0 amide bonds. The van der Waals surface area contributed by atoms with Gasteiger partial charge in [-0.3, -0.25) is 4.99 Å². The third kappa shape index (κ3) is 11.0. The zero-order valence-electron chi connectivity index (χ0n) is 16.0. The minimum Gasteiger partial charge on any atom is -0.484 e. The molecular formula is C19H25F3IN3O3. The Labute approximate surface area is 184 Å². The molecule has 29 heavy (non-hydrogen) atoms. The summed E-state index contributed by atoms with van der Waals surface area (Å²) in [6.07, 6.45) is -1.94. The van der Waals surface area contributed by atoms with Gasteiger partial charge in [0.2, 0.25) is 0 Å². The Kier molecular flexibility index (Phi) is 11.5. The van der Waals surface area contributed by atoms with Gasteiger partial charge in [-0.1, -0.05) is 12.1 Å². The normalized spacial score (nSPS) is 11.7. The molecule has 2 N–H and O–H groups in total. The van der Waals surface area contributed by atoms with Gasteiger partial charge in [0, 0.05) is 26.7 Å². The molecular weight excluding hydrogens is 502 g/mol. The Morgan fingerprint density at radius 1 is 1.14 bits per heavy atom. The SMILES string of the molecule is CN=C(NCCCOCc1ccco1)NCc1ccc(OCC(F)(F)F)cc1.I. The van der Waals surface area contributed by atoms with Crippen molar-refractivity contribution in [2.45, 2.75) is 25.7 Å². The summed E-state index contributed by atoms with van der Waals surface area (Å²) in [5.41, 5.74) is 0.893. The first-order valence-corrected chi connectivity index (χ1v) is 8.79. The van der Waals surface area contributed by atoms with Crippen molar-refractivity contribution in [1.29, 1.82) is 0 Å². The van der Waals surface area contributed by atoms with E-state index in [1.165, 1.54) is 12.1 Å². The van der Waals surface area contributed by atoms with Crippen LogP contribution in [0, 0.1) is 0 Å². The summed E-state index contributed by atoms with van der Waals surface area (Å²) < 4.78 is 51.8. The maximum Gasteiger partial charge on any atom is 0.422 e. The van der Waals surface area contributed by atoms with Gasteiger partial charge in [0.25, 0.3) is 0 Å². The molecule has 1 heterocycles. The summed E-state index contributed by atoms with van der Waals surface area (Å²) in [6, 6.07) is 10.1. The number of ether oxygens (including phenoxy) is 2. The van der Waals surface area contributed by atoms with E-state index in [1.54, 1.807) is 25.4 Å². The Bertz CT molecular complexity index is 708. The minimum absolute atomic E-state index is 0. The van der Waals surface area contributed by atoms with E-state index >= 15 is 0 Å². The highest BCUT2D eigenvalue weighted by Crippen LogP contribution is 2.18. The number of rotatable bonds is 10. The van der Waals surface area contributed by atoms with Crippen molar-refractivity contribution in [3.63, 3.8) is 0 Å². The molecule has 0 unspecified atom stereocenters. The largest absolute Gasteiger partial charge is 0.484 e. The molecule has 1 aromatic carbocycles. The van der Waals surface area contributed by atoms with E-state index in [2.05, 4.69) is 20.4 Å². The first-order chi connectivity index (χ1) is 13.5. The number of hydrogen-bond donors (Lipinski definition) is 2. The van der Waals surface area contributed by atoms with Gasteiger partial charge in [-0.2, -0.15) is 13.2 Å². The monoisotopic (exact) mass is 527 g/mol. The van der Waals surface area contributed by atoms with Crippen molar-refractivity contribution in [3.05, 3.63) is 54.0 Å². The quantitative estimate of drug-likeness (QED) is 0.211. The summed E-state index contributed by atoms with van der Waals surface area (Å²) >= 11 is 0. The molecule has 0 saturated heterocycles. The predicted octanol–water partition coefficient (Wildman–Crippen LogP) is 4.11. The summed E-state index contributed by atoms with van der Waals surface area (Å²) in [5, 5.41) is 6.30. The fraction of sp³-hybridized carbons (Fsp3) is 0.421. The highest BCUT2D eigenvalue weighted by molar-refractivity contribution is 14.0. The van der Waals surface area contributed by atoms with Crippen LogP contribution in [0.4, 0.5) is 13.2 Å². The number of nitrogens with one attached hydrogen (secondary N) is 2. The fourth-order valence-electron chi connectivity index (χ4n) is 2.22. The smallest absolute Gasteiger partial charge is 0.422 e. The number of aliphatic imine (C=N–C) groups is 1. The van der Waals surface area contributed by atoms with Crippen molar-refractivity contribution in [2.75, 3.05) is 26.8 Å². The lowest BCUT2D eigenvalue weighted by Gasteiger charge is -2.13. The van der Waals surface area contributed by atoms with Crippen LogP contribution >= 0.6 is 24.0 Å². The number of guanidine groups is 1. The van der Waals surface area contributed by atoms with Crippen molar-refractivity contribution in [1.82, 2.24) is 10.6 Å². The van der Waals surface area contributed by atoms with E-state index in [4.69, 9.17) is 9.15 Å². The summed E-state index contributed by atoms with van der Waals surface area (Å²) in [7, 11) is 1.66. The van der Waals surface area contributed by atoms with Crippen LogP contribution in [0.2, 0.25) is 0 Å². The second kappa shape index (κ2) is 13.3. The molecule has 10 heteroatoms. The number of furan rings is 1.